The number of nitrogens with one attached hydrogen (secondary N) is 2. The van der Waals surface area contributed by atoms with Gasteiger partial charge in [-0.25, -0.2) is 10.6 Å². The molecule has 0 fully saturated rings. The normalized spacial score (nSPS) is 11.0. The van der Waals surface area contributed by atoms with Crippen LogP contribution in [0.5, 0.6) is 0 Å². The first-order valence-corrected chi connectivity index (χ1v) is 5.75. The quantitative estimate of drug-likeness (QED) is 0.451. The van der Waals surface area contributed by atoms with Crippen molar-refractivity contribution >= 4 is 22.0 Å². The summed E-state index contributed by atoms with van der Waals surface area (Å²) >= 11 is 3.43. The first kappa shape index (κ1) is 13.0. The average molecular weight is 286 g/mol. The van der Waals surface area contributed by atoms with Gasteiger partial charge < -0.3 is 5.32 Å². The van der Waals surface area contributed by atoms with E-state index in [-0.39, 0.29) is 11.4 Å². The average Bonchev–Trinajstić information content (AvgIpc) is 2.26. The van der Waals surface area contributed by atoms with E-state index in [1.165, 1.54) is 0 Å². The standard InChI is InChI=1S/C11H16BrN3O/c1-11(2,7-14-10(16)15-13)8-4-3-5-9(12)6-8/h3-6H,7,13H2,1-2H3,(H2,14,15,16). The molecular formula is C11H16BrN3O. The molecule has 0 spiro atoms. The van der Waals surface area contributed by atoms with Gasteiger partial charge in [0.25, 0.3) is 0 Å². The highest BCUT2D eigenvalue weighted by atomic mass is 79.9. The zero-order valence-electron chi connectivity index (χ0n) is 9.38. The van der Waals surface area contributed by atoms with Crippen LogP contribution in [0.3, 0.4) is 0 Å². The number of urea groups is 1. The highest BCUT2D eigenvalue weighted by Gasteiger charge is 2.21. The van der Waals surface area contributed by atoms with E-state index in [1.807, 2.05) is 29.7 Å². The SMILES string of the molecule is CC(C)(CNC(=O)NN)c1cccc(Br)c1. The lowest BCUT2D eigenvalue weighted by Gasteiger charge is -2.25. The topological polar surface area (TPSA) is 67.2 Å². The molecule has 88 valence electrons. The Morgan fingerprint density at radius 3 is 2.75 bits per heavy atom. The molecule has 1 aromatic rings. The minimum Gasteiger partial charge on any atom is -0.336 e. The van der Waals surface area contributed by atoms with Crippen molar-refractivity contribution in [1.82, 2.24) is 10.7 Å². The third-order valence-corrected chi connectivity index (χ3v) is 2.92. The van der Waals surface area contributed by atoms with Crippen LogP contribution in [0.1, 0.15) is 19.4 Å². The Morgan fingerprint density at radius 2 is 2.19 bits per heavy atom. The van der Waals surface area contributed by atoms with Gasteiger partial charge in [0.1, 0.15) is 0 Å². The monoisotopic (exact) mass is 285 g/mol. The van der Waals surface area contributed by atoms with E-state index in [1.54, 1.807) is 0 Å². The molecule has 4 nitrogen and oxygen atoms in total. The van der Waals surface area contributed by atoms with E-state index in [2.05, 4.69) is 35.1 Å². The molecule has 0 aromatic heterocycles. The first-order valence-electron chi connectivity index (χ1n) is 4.96. The van der Waals surface area contributed by atoms with Gasteiger partial charge in [-0.2, -0.15) is 0 Å². The van der Waals surface area contributed by atoms with Crippen molar-refractivity contribution in [1.29, 1.82) is 0 Å². The van der Waals surface area contributed by atoms with Crippen LogP contribution in [0.4, 0.5) is 4.79 Å². The minimum atomic E-state index is -0.372. The lowest BCUT2D eigenvalue weighted by molar-refractivity contribution is 0.238. The van der Waals surface area contributed by atoms with Crippen molar-refractivity contribution in [2.24, 2.45) is 5.84 Å². The van der Waals surface area contributed by atoms with Crippen molar-refractivity contribution in [3.05, 3.63) is 34.3 Å². The second-order valence-corrected chi connectivity index (χ2v) is 5.14. The number of nitrogens with two attached hydrogens (primary N) is 1. The molecule has 5 heteroatoms. The molecule has 4 N–H and O–H groups in total. The summed E-state index contributed by atoms with van der Waals surface area (Å²) in [6, 6.07) is 7.65. The van der Waals surface area contributed by atoms with Crippen LogP contribution >= 0.6 is 15.9 Å². The van der Waals surface area contributed by atoms with Crippen molar-refractivity contribution in [3.63, 3.8) is 0 Å². The maximum absolute atomic E-state index is 11.0. The highest BCUT2D eigenvalue weighted by molar-refractivity contribution is 9.10. The molecule has 1 aromatic carbocycles. The number of hydrogen-bond acceptors (Lipinski definition) is 2. The summed E-state index contributed by atoms with van der Waals surface area (Å²) in [5.41, 5.74) is 3.05. The van der Waals surface area contributed by atoms with Gasteiger partial charge in [0, 0.05) is 16.4 Å². The lowest BCUT2D eigenvalue weighted by Crippen LogP contribution is -2.44. The van der Waals surface area contributed by atoms with E-state index in [0.717, 1.165) is 10.0 Å². The second kappa shape index (κ2) is 5.32. The lowest BCUT2D eigenvalue weighted by atomic mass is 9.85. The molecule has 0 atom stereocenters. The van der Waals surface area contributed by atoms with E-state index in [4.69, 9.17) is 5.84 Å². The Hall–Kier alpha value is -1.07. The van der Waals surface area contributed by atoms with E-state index in [9.17, 15) is 4.79 Å². The van der Waals surface area contributed by atoms with Gasteiger partial charge in [0.2, 0.25) is 0 Å². The van der Waals surface area contributed by atoms with Gasteiger partial charge >= 0.3 is 6.03 Å². The van der Waals surface area contributed by atoms with Crippen LogP contribution in [-0.2, 0) is 5.41 Å². The maximum atomic E-state index is 11.0. The molecular weight excluding hydrogens is 270 g/mol. The van der Waals surface area contributed by atoms with Gasteiger partial charge in [0.05, 0.1) is 0 Å². The predicted octanol–water partition coefficient (Wildman–Crippen LogP) is 1.90. The molecule has 16 heavy (non-hydrogen) atoms. The van der Waals surface area contributed by atoms with Crippen LogP contribution in [0.2, 0.25) is 0 Å². The number of carbonyl (C=O) groups excluding carboxylic acids is 1. The second-order valence-electron chi connectivity index (χ2n) is 4.22. The number of halogens is 1. The smallest absolute Gasteiger partial charge is 0.328 e. The Kier molecular flexibility index (Phi) is 4.32. The summed E-state index contributed by atoms with van der Waals surface area (Å²) in [4.78, 5) is 11.0. The first-order chi connectivity index (χ1) is 7.45. The highest BCUT2D eigenvalue weighted by Crippen LogP contribution is 2.24. The zero-order valence-corrected chi connectivity index (χ0v) is 11.0. The molecule has 0 saturated carbocycles. The van der Waals surface area contributed by atoms with Crippen LogP contribution in [0, 0.1) is 0 Å². The van der Waals surface area contributed by atoms with Crippen LogP contribution in [0.25, 0.3) is 0 Å². The van der Waals surface area contributed by atoms with Crippen LogP contribution in [-0.4, -0.2) is 12.6 Å². The number of rotatable bonds is 3. The van der Waals surface area contributed by atoms with Gasteiger partial charge in [-0.1, -0.05) is 41.9 Å². The van der Waals surface area contributed by atoms with Crippen molar-refractivity contribution in [2.75, 3.05) is 6.54 Å². The van der Waals surface area contributed by atoms with Crippen LogP contribution < -0.4 is 16.6 Å². The van der Waals surface area contributed by atoms with Gasteiger partial charge in [0.15, 0.2) is 0 Å². The number of hydrogen-bond donors (Lipinski definition) is 3. The molecule has 0 aliphatic rings. The van der Waals surface area contributed by atoms with Gasteiger partial charge in [-0.3, -0.25) is 5.43 Å². The maximum Gasteiger partial charge on any atom is 0.328 e. The summed E-state index contributed by atoms with van der Waals surface area (Å²) in [6.45, 7) is 4.64. The summed E-state index contributed by atoms with van der Waals surface area (Å²) in [7, 11) is 0. The molecule has 0 bridgehead atoms. The molecule has 0 heterocycles. The largest absolute Gasteiger partial charge is 0.336 e. The van der Waals surface area contributed by atoms with E-state index in [0.29, 0.717) is 6.54 Å². The Labute approximate surface area is 104 Å². The van der Waals surface area contributed by atoms with Crippen LogP contribution in [0.15, 0.2) is 28.7 Å². The molecule has 0 aliphatic heterocycles. The summed E-state index contributed by atoms with van der Waals surface area (Å²) in [5.74, 6) is 4.99. The van der Waals surface area contributed by atoms with Crippen molar-refractivity contribution in [2.45, 2.75) is 19.3 Å². The third kappa shape index (κ3) is 3.50. The summed E-state index contributed by atoms with van der Waals surface area (Å²) < 4.78 is 1.03. The fourth-order valence-corrected chi connectivity index (χ4v) is 1.76. The fraction of sp³-hybridized carbons (Fsp3) is 0.364. The van der Waals surface area contributed by atoms with Gasteiger partial charge in [-0.15, -0.1) is 0 Å². The molecule has 2 amide bonds. The number of benzene rings is 1. The van der Waals surface area contributed by atoms with Crippen molar-refractivity contribution in [3.8, 4) is 0 Å². The predicted molar refractivity (Wildman–Crippen MR) is 67.9 cm³/mol. The molecule has 1 rings (SSSR count). The number of carbonyl (C=O) groups is 1. The fourth-order valence-electron chi connectivity index (χ4n) is 1.36. The summed E-state index contributed by atoms with van der Waals surface area (Å²) in [5, 5.41) is 2.70. The Morgan fingerprint density at radius 1 is 1.50 bits per heavy atom. The Bertz CT molecular complexity index is 379. The third-order valence-electron chi connectivity index (χ3n) is 2.43. The van der Waals surface area contributed by atoms with Gasteiger partial charge in [-0.05, 0) is 17.7 Å². The van der Waals surface area contributed by atoms with E-state index >= 15 is 0 Å². The summed E-state index contributed by atoms with van der Waals surface area (Å²) in [6.07, 6.45) is 0. The van der Waals surface area contributed by atoms with E-state index < -0.39 is 0 Å². The number of amides is 2. The zero-order chi connectivity index (χ0) is 12.2. The molecule has 0 radical (unpaired) electrons. The number of hydrazine groups is 1. The molecule has 0 aliphatic carbocycles. The minimum absolute atomic E-state index is 0.143. The Balaban J connectivity index is 2.73. The molecule has 0 unspecified atom stereocenters. The molecule has 0 saturated heterocycles. The van der Waals surface area contributed by atoms with Crippen molar-refractivity contribution < 1.29 is 4.79 Å².